The Bertz CT molecular complexity index is 2160. The SMILES string of the molecule is COC(=O)CCC1=C(CC(=O)OC)c2cc3[nH]c(cc4nc(cc5[nH]c(cc1n2)c(CCC(=O)OC)c5CC(=O)OC)C(C)(C)C4CCCO)c(C)c3C. The van der Waals surface area contributed by atoms with E-state index in [-0.39, 0.29) is 51.0 Å². The second-order valence-corrected chi connectivity index (χ2v) is 14.2. The van der Waals surface area contributed by atoms with Gasteiger partial charge in [0.05, 0.1) is 52.7 Å². The number of H-pyrrole nitrogens is 2. The van der Waals surface area contributed by atoms with Crippen LogP contribution >= 0.6 is 0 Å². The fourth-order valence-corrected chi connectivity index (χ4v) is 7.38. The van der Waals surface area contributed by atoms with Crippen LogP contribution in [-0.2, 0) is 56.4 Å². The molecule has 2 aliphatic heterocycles. The molecule has 0 aromatic carbocycles. The van der Waals surface area contributed by atoms with Crippen molar-refractivity contribution in [2.24, 2.45) is 0 Å². The maximum absolute atomic E-state index is 13.0. The number of allylic oxidation sites excluding steroid dienone is 1. The Kier molecular flexibility index (Phi) is 12.4. The van der Waals surface area contributed by atoms with Gasteiger partial charge in [-0.3, -0.25) is 24.2 Å². The first-order valence-electron chi connectivity index (χ1n) is 18.1. The molecule has 2 aliphatic rings. The minimum absolute atomic E-state index is 0.0335. The number of aromatic nitrogens is 4. The molecule has 13 heteroatoms. The van der Waals surface area contributed by atoms with Gasteiger partial charge >= 0.3 is 23.9 Å². The molecule has 8 bridgehead atoms. The van der Waals surface area contributed by atoms with Crippen molar-refractivity contribution in [1.29, 1.82) is 0 Å². The number of nitrogens with zero attached hydrogens (tertiary/aromatic N) is 2. The molecule has 5 rings (SSSR count). The number of fused-ring (bicyclic) bond motifs is 8. The summed E-state index contributed by atoms with van der Waals surface area (Å²) in [5, 5.41) is 9.84. The topological polar surface area (TPSA) is 183 Å². The number of ether oxygens (including phenoxy) is 4. The number of esters is 4. The summed E-state index contributed by atoms with van der Waals surface area (Å²) in [7, 11) is 5.29. The molecular formula is C41H50N4O9. The van der Waals surface area contributed by atoms with Gasteiger partial charge in [-0.25, -0.2) is 4.98 Å². The average molecular weight is 743 g/mol. The lowest BCUT2D eigenvalue weighted by Gasteiger charge is -2.27. The maximum Gasteiger partial charge on any atom is 0.310 e. The highest BCUT2D eigenvalue weighted by molar-refractivity contribution is 6.00. The number of aliphatic hydroxyl groups is 1. The van der Waals surface area contributed by atoms with Gasteiger partial charge in [-0.2, -0.15) is 0 Å². The van der Waals surface area contributed by atoms with Crippen LogP contribution in [0.4, 0.5) is 0 Å². The predicted molar refractivity (Wildman–Crippen MR) is 203 cm³/mol. The van der Waals surface area contributed by atoms with E-state index in [9.17, 15) is 24.3 Å². The lowest BCUT2D eigenvalue weighted by Crippen LogP contribution is -2.22. The van der Waals surface area contributed by atoms with Gasteiger partial charge in [-0.15, -0.1) is 0 Å². The number of nitrogens with one attached hydrogen (secondary N) is 2. The van der Waals surface area contributed by atoms with Crippen LogP contribution in [0.15, 0.2) is 24.3 Å². The summed E-state index contributed by atoms with van der Waals surface area (Å²) < 4.78 is 20.2. The second-order valence-electron chi connectivity index (χ2n) is 14.2. The van der Waals surface area contributed by atoms with Crippen LogP contribution in [0.5, 0.6) is 0 Å². The fraction of sp³-hybridized carbons (Fsp3) is 0.463. The summed E-state index contributed by atoms with van der Waals surface area (Å²) >= 11 is 0. The summed E-state index contributed by atoms with van der Waals surface area (Å²) in [4.78, 5) is 68.2. The van der Waals surface area contributed by atoms with E-state index < -0.39 is 29.3 Å². The summed E-state index contributed by atoms with van der Waals surface area (Å²) in [5.41, 5.74) is 9.65. The standard InChI is InChI=1S/C41H50N4O9/c1-22-23(2)30-19-35-28(10-9-15-46)41(3,4)36(45-35)21-34-27(17-40(50)54-8)25(12-14-38(48)52-6)32(44-34)20-31-24(11-13-37(47)51-5)26(16-39(49)53-7)33(43-31)18-29(22)42-30/h18-21,28,42,44,46H,9-17H2,1-8H3. The molecule has 0 aliphatic carbocycles. The zero-order chi connectivity index (χ0) is 39.3. The van der Waals surface area contributed by atoms with Gasteiger partial charge in [0.2, 0.25) is 0 Å². The van der Waals surface area contributed by atoms with E-state index in [0.717, 1.165) is 33.5 Å². The highest BCUT2D eigenvalue weighted by Gasteiger charge is 2.39. The molecule has 0 amide bonds. The normalized spacial score (nSPS) is 14.9. The van der Waals surface area contributed by atoms with Crippen molar-refractivity contribution in [3.8, 4) is 0 Å². The third-order valence-electron chi connectivity index (χ3n) is 10.8. The molecule has 0 fully saturated rings. The van der Waals surface area contributed by atoms with Crippen LogP contribution in [0.25, 0.3) is 33.2 Å². The van der Waals surface area contributed by atoms with E-state index in [1.54, 1.807) is 0 Å². The monoisotopic (exact) mass is 742 g/mol. The van der Waals surface area contributed by atoms with Crippen molar-refractivity contribution in [3.63, 3.8) is 0 Å². The third-order valence-corrected chi connectivity index (χ3v) is 10.8. The average Bonchev–Trinajstić information content (AvgIpc) is 3.80. The number of aromatic amines is 2. The molecule has 3 aromatic heterocycles. The Balaban J connectivity index is 1.98. The van der Waals surface area contributed by atoms with Gasteiger partial charge < -0.3 is 34.0 Å². The highest BCUT2D eigenvalue weighted by Crippen LogP contribution is 2.45. The molecule has 0 saturated carbocycles. The quantitative estimate of drug-likeness (QED) is 0.138. The molecule has 288 valence electrons. The minimum atomic E-state index is -0.472. The van der Waals surface area contributed by atoms with Gasteiger partial charge in [0, 0.05) is 64.2 Å². The number of carbonyl (C=O) groups excluding carboxylic acids is 4. The summed E-state index contributed by atoms with van der Waals surface area (Å²) in [6, 6.07) is 7.74. The zero-order valence-electron chi connectivity index (χ0n) is 32.4. The van der Waals surface area contributed by atoms with Gasteiger partial charge in [0.1, 0.15) is 0 Å². The molecular weight excluding hydrogens is 692 g/mol. The van der Waals surface area contributed by atoms with E-state index in [1.165, 1.54) is 28.4 Å². The number of rotatable bonds is 13. The molecule has 3 aromatic rings. The molecule has 1 unspecified atom stereocenters. The predicted octanol–water partition coefficient (Wildman–Crippen LogP) is 6.01. The first kappa shape index (κ1) is 39.9. The van der Waals surface area contributed by atoms with Crippen LogP contribution in [0.1, 0.15) is 103 Å². The highest BCUT2D eigenvalue weighted by atomic mass is 16.5. The van der Waals surface area contributed by atoms with Crippen molar-refractivity contribution in [2.75, 3.05) is 35.0 Å². The Morgan fingerprint density at radius 2 is 1.22 bits per heavy atom. The van der Waals surface area contributed by atoms with Crippen molar-refractivity contribution < 1.29 is 43.2 Å². The summed E-state index contributed by atoms with van der Waals surface area (Å²) in [6.45, 7) is 8.36. The van der Waals surface area contributed by atoms with Gasteiger partial charge in [-0.1, -0.05) is 13.8 Å². The van der Waals surface area contributed by atoms with Crippen molar-refractivity contribution >= 4 is 57.1 Å². The van der Waals surface area contributed by atoms with Crippen LogP contribution in [0.2, 0.25) is 0 Å². The largest absolute Gasteiger partial charge is 0.469 e. The maximum atomic E-state index is 13.0. The second kappa shape index (κ2) is 16.8. The molecule has 54 heavy (non-hydrogen) atoms. The Morgan fingerprint density at radius 1 is 0.685 bits per heavy atom. The first-order valence-corrected chi connectivity index (χ1v) is 18.1. The number of hydrogen-bond acceptors (Lipinski definition) is 11. The number of methoxy groups -OCH3 is 4. The van der Waals surface area contributed by atoms with Gasteiger partial charge in [0.25, 0.3) is 0 Å². The lowest BCUT2D eigenvalue weighted by molar-refractivity contribution is -0.141. The van der Waals surface area contributed by atoms with E-state index in [1.807, 2.05) is 32.0 Å². The van der Waals surface area contributed by atoms with Crippen molar-refractivity contribution in [1.82, 2.24) is 19.9 Å². The number of aryl methyl sites for hydroxylation is 3. The zero-order valence-corrected chi connectivity index (χ0v) is 32.4. The molecule has 3 N–H and O–H groups in total. The van der Waals surface area contributed by atoms with Crippen LogP contribution in [0, 0.1) is 13.8 Å². The Hall–Kier alpha value is -5.30. The third kappa shape index (κ3) is 8.25. The summed E-state index contributed by atoms with van der Waals surface area (Å²) in [5.74, 6) is -1.81. The van der Waals surface area contributed by atoms with Gasteiger partial charge in [-0.05, 0) is 97.2 Å². The molecule has 0 saturated heterocycles. The smallest absolute Gasteiger partial charge is 0.310 e. The number of hydrogen-bond donors (Lipinski definition) is 3. The van der Waals surface area contributed by atoms with E-state index in [0.29, 0.717) is 57.5 Å². The lowest BCUT2D eigenvalue weighted by atomic mass is 9.74. The molecule has 0 radical (unpaired) electrons. The van der Waals surface area contributed by atoms with E-state index in [4.69, 9.17) is 28.9 Å². The van der Waals surface area contributed by atoms with E-state index >= 15 is 0 Å². The Labute approximate surface area is 314 Å². The number of carbonyl (C=O) groups is 4. The molecule has 5 heterocycles. The van der Waals surface area contributed by atoms with Crippen molar-refractivity contribution in [2.45, 2.75) is 90.4 Å². The van der Waals surface area contributed by atoms with Gasteiger partial charge in [0.15, 0.2) is 0 Å². The fourth-order valence-electron chi connectivity index (χ4n) is 7.38. The first-order chi connectivity index (χ1) is 25.7. The van der Waals surface area contributed by atoms with Crippen LogP contribution in [0.3, 0.4) is 0 Å². The molecule has 1 atom stereocenters. The Morgan fingerprint density at radius 3 is 1.85 bits per heavy atom. The number of aliphatic hydroxyl groups excluding tert-OH is 1. The minimum Gasteiger partial charge on any atom is -0.469 e. The summed E-state index contributed by atoms with van der Waals surface area (Å²) in [6.07, 6.45) is 1.62. The molecule has 13 nitrogen and oxygen atoms in total. The molecule has 0 spiro atoms. The van der Waals surface area contributed by atoms with Crippen LogP contribution < -0.4 is 0 Å². The van der Waals surface area contributed by atoms with E-state index in [2.05, 4.69) is 29.9 Å². The van der Waals surface area contributed by atoms with Crippen LogP contribution in [-0.4, -0.2) is 84.0 Å². The van der Waals surface area contributed by atoms with Crippen molar-refractivity contribution in [3.05, 3.63) is 69.3 Å².